The monoisotopic (exact) mass is 610 g/mol. The van der Waals surface area contributed by atoms with Crippen LogP contribution < -0.4 is 20.5 Å². The predicted molar refractivity (Wildman–Crippen MR) is 156 cm³/mol. The first-order chi connectivity index (χ1) is 20.9. The number of fused-ring (bicyclic) bond motifs is 2. The van der Waals surface area contributed by atoms with Gasteiger partial charge in [-0.15, -0.1) is 0 Å². The number of aryl methyl sites for hydroxylation is 2. The molecule has 3 N–H and O–H groups in total. The summed E-state index contributed by atoms with van der Waals surface area (Å²) >= 11 is 0. The van der Waals surface area contributed by atoms with Crippen LogP contribution in [0.4, 0.5) is 33.3 Å². The summed E-state index contributed by atoms with van der Waals surface area (Å²) in [4.78, 5) is 8.24. The first-order valence-corrected chi connectivity index (χ1v) is 13.3. The number of nitrogens with zero attached hydrogens (tertiary/aromatic N) is 4. The van der Waals surface area contributed by atoms with Crippen molar-refractivity contribution in [2.45, 2.75) is 26.4 Å². The standard InChI is InChI=1S/C17H15F4N3O.C14H12FN3O/c1-11-2-3-12(18)8-15(11)25-13-9-14(22-5-4-17(19,20)21)16-23-6-7-24(16)10-13;1-9-2-3-10(15)6-13(9)19-11-7-12(16)14-17-4-5-18(14)8-11/h2-3,6-10,22H,4-5H2,1H3;2-8H,16H2,1H3. The van der Waals surface area contributed by atoms with E-state index in [0.29, 0.717) is 45.7 Å². The number of nitrogen functional groups attached to an aromatic ring is 1. The van der Waals surface area contributed by atoms with Crippen molar-refractivity contribution in [1.29, 1.82) is 0 Å². The molecule has 0 aliphatic carbocycles. The Balaban J connectivity index is 0.000000181. The number of pyridine rings is 2. The predicted octanol–water partition coefficient (Wildman–Crippen LogP) is 8.09. The van der Waals surface area contributed by atoms with Gasteiger partial charge >= 0.3 is 6.18 Å². The van der Waals surface area contributed by atoms with Crippen molar-refractivity contribution in [3.8, 4) is 23.0 Å². The Morgan fingerprint density at radius 3 is 1.86 bits per heavy atom. The summed E-state index contributed by atoms with van der Waals surface area (Å²) in [6.45, 7) is 3.34. The smallest absolute Gasteiger partial charge is 0.390 e. The molecule has 4 aromatic heterocycles. The van der Waals surface area contributed by atoms with Crippen LogP contribution in [0.1, 0.15) is 17.5 Å². The molecule has 0 spiro atoms. The van der Waals surface area contributed by atoms with Gasteiger partial charge in [0, 0.05) is 55.6 Å². The average Bonchev–Trinajstić information content (AvgIpc) is 3.63. The van der Waals surface area contributed by atoms with E-state index in [2.05, 4.69) is 15.3 Å². The zero-order chi connectivity index (χ0) is 31.4. The minimum Gasteiger partial charge on any atom is -0.455 e. The lowest BCUT2D eigenvalue weighted by Gasteiger charge is -2.13. The third kappa shape index (κ3) is 7.35. The van der Waals surface area contributed by atoms with E-state index in [1.807, 2.05) is 6.92 Å². The normalized spacial score (nSPS) is 11.3. The van der Waals surface area contributed by atoms with E-state index >= 15 is 0 Å². The second kappa shape index (κ2) is 12.5. The number of alkyl halides is 3. The van der Waals surface area contributed by atoms with Gasteiger partial charge in [-0.05, 0) is 37.1 Å². The summed E-state index contributed by atoms with van der Waals surface area (Å²) in [6, 6.07) is 11.8. The molecule has 228 valence electrons. The fraction of sp³-hybridized carbons (Fsp3) is 0.161. The summed E-state index contributed by atoms with van der Waals surface area (Å²) in [6.07, 6.45) is 4.78. The van der Waals surface area contributed by atoms with Gasteiger partial charge in [-0.3, -0.25) is 0 Å². The van der Waals surface area contributed by atoms with Crippen LogP contribution in [0.3, 0.4) is 0 Å². The first-order valence-electron chi connectivity index (χ1n) is 13.3. The lowest BCUT2D eigenvalue weighted by molar-refractivity contribution is -0.131. The van der Waals surface area contributed by atoms with Gasteiger partial charge in [0.2, 0.25) is 0 Å². The van der Waals surface area contributed by atoms with Crippen molar-refractivity contribution < 1.29 is 31.4 Å². The molecule has 6 rings (SSSR count). The van der Waals surface area contributed by atoms with Crippen LogP contribution in [0.15, 0.2) is 85.7 Å². The van der Waals surface area contributed by atoms with Crippen LogP contribution in [0, 0.1) is 25.5 Å². The molecule has 0 radical (unpaired) electrons. The SMILES string of the molecule is Cc1ccc(F)cc1Oc1cc(N)c2nccn2c1.Cc1ccc(F)cc1Oc1cc(NCCC(F)(F)F)c2nccn2c1. The van der Waals surface area contributed by atoms with E-state index in [1.165, 1.54) is 30.5 Å². The van der Waals surface area contributed by atoms with Gasteiger partial charge < -0.3 is 29.3 Å². The molecule has 0 aliphatic rings. The molecule has 0 bridgehead atoms. The van der Waals surface area contributed by atoms with Crippen LogP contribution in [0.2, 0.25) is 0 Å². The Morgan fingerprint density at radius 1 is 0.773 bits per heavy atom. The highest BCUT2D eigenvalue weighted by molar-refractivity contribution is 5.69. The zero-order valence-electron chi connectivity index (χ0n) is 23.6. The highest BCUT2D eigenvalue weighted by atomic mass is 19.4. The van der Waals surface area contributed by atoms with E-state index < -0.39 is 18.4 Å². The van der Waals surface area contributed by atoms with Gasteiger partial charge in [0.1, 0.15) is 34.6 Å². The van der Waals surface area contributed by atoms with E-state index in [4.69, 9.17) is 15.2 Å². The van der Waals surface area contributed by atoms with Crippen molar-refractivity contribution in [3.05, 3.63) is 108 Å². The van der Waals surface area contributed by atoms with Gasteiger partial charge in [0.15, 0.2) is 11.3 Å². The molecule has 0 aliphatic heterocycles. The van der Waals surface area contributed by atoms with E-state index in [0.717, 1.165) is 11.1 Å². The van der Waals surface area contributed by atoms with E-state index in [1.54, 1.807) is 71.0 Å². The maximum Gasteiger partial charge on any atom is 0.390 e. The molecule has 44 heavy (non-hydrogen) atoms. The summed E-state index contributed by atoms with van der Waals surface area (Å²) < 4.78 is 78.4. The second-order valence-electron chi connectivity index (χ2n) is 9.85. The second-order valence-corrected chi connectivity index (χ2v) is 9.85. The number of halogens is 5. The number of imidazole rings is 2. The molecular formula is C31H27F5N6O2. The topological polar surface area (TPSA) is 91.1 Å². The number of aromatic nitrogens is 4. The maximum absolute atomic E-state index is 13.4. The molecule has 0 unspecified atom stereocenters. The molecule has 8 nitrogen and oxygen atoms in total. The molecule has 0 saturated carbocycles. The number of anilines is 2. The Labute approximate surface area is 248 Å². The Hall–Kier alpha value is -5.33. The van der Waals surface area contributed by atoms with Crippen molar-refractivity contribution in [1.82, 2.24) is 18.8 Å². The molecule has 4 heterocycles. The van der Waals surface area contributed by atoms with Crippen LogP contribution >= 0.6 is 0 Å². The van der Waals surface area contributed by atoms with Crippen molar-refractivity contribution in [2.24, 2.45) is 0 Å². The van der Waals surface area contributed by atoms with E-state index in [-0.39, 0.29) is 12.4 Å². The lowest BCUT2D eigenvalue weighted by Crippen LogP contribution is -2.15. The Bertz CT molecular complexity index is 1920. The fourth-order valence-electron chi connectivity index (χ4n) is 4.24. The minimum atomic E-state index is -4.24. The molecule has 6 aromatic rings. The minimum absolute atomic E-state index is 0.283. The summed E-state index contributed by atoms with van der Waals surface area (Å²) in [5.74, 6) is 0.926. The van der Waals surface area contributed by atoms with Gasteiger partial charge in [0.25, 0.3) is 0 Å². The number of nitrogens with two attached hydrogens (primary N) is 1. The maximum atomic E-state index is 13.4. The summed E-state index contributed by atoms with van der Waals surface area (Å²) in [5, 5.41) is 2.73. The average molecular weight is 611 g/mol. The fourth-order valence-corrected chi connectivity index (χ4v) is 4.24. The van der Waals surface area contributed by atoms with Crippen molar-refractivity contribution >= 4 is 22.7 Å². The lowest BCUT2D eigenvalue weighted by atomic mass is 10.2. The Kier molecular flexibility index (Phi) is 8.56. The number of hydrogen-bond donors (Lipinski definition) is 2. The van der Waals surface area contributed by atoms with Crippen LogP contribution in [0.25, 0.3) is 11.3 Å². The zero-order valence-corrected chi connectivity index (χ0v) is 23.6. The van der Waals surface area contributed by atoms with Gasteiger partial charge in [-0.25, -0.2) is 18.7 Å². The third-order valence-corrected chi connectivity index (χ3v) is 6.43. The van der Waals surface area contributed by atoms with Gasteiger partial charge in [-0.2, -0.15) is 13.2 Å². The number of nitrogens with one attached hydrogen (secondary N) is 1. The summed E-state index contributed by atoms with van der Waals surface area (Å²) in [7, 11) is 0. The molecule has 0 saturated heterocycles. The highest BCUT2D eigenvalue weighted by Gasteiger charge is 2.26. The van der Waals surface area contributed by atoms with Gasteiger partial charge in [0.05, 0.1) is 30.2 Å². The van der Waals surface area contributed by atoms with Crippen LogP contribution in [-0.2, 0) is 0 Å². The highest BCUT2D eigenvalue weighted by Crippen LogP contribution is 2.31. The molecular weight excluding hydrogens is 583 g/mol. The van der Waals surface area contributed by atoms with Crippen molar-refractivity contribution in [2.75, 3.05) is 17.6 Å². The van der Waals surface area contributed by atoms with Crippen LogP contribution in [-0.4, -0.2) is 31.5 Å². The third-order valence-electron chi connectivity index (χ3n) is 6.43. The Morgan fingerprint density at radius 2 is 1.30 bits per heavy atom. The molecule has 2 aromatic carbocycles. The number of ether oxygens (including phenoxy) is 2. The van der Waals surface area contributed by atoms with E-state index in [9.17, 15) is 22.0 Å². The largest absolute Gasteiger partial charge is 0.455 e. The molecule has 0 fully saturated rings. The van der Waals surface area contributed by atoms with Gasteiger partial charge in [-0.1, -0.05) is 12.1 Å². The first kappa shape index (κ1) is 30.1. The quantitative estimate of drug-likeness (QED) is 0.178. The molecule has 0 amide bonds. The number of rotatable bonds is 7. The number of benzene rings is 2. The van der Waals surface area contributed by atoms with Crippen molar-refractivity contribution in [3.63, 3.8) is 0 Å². The number of hydrogen-bond acceptors (Lipinski definition) is 6. The molecule has 13 heteroatoms. The summed E-state index contributed by atoms with van der Waals surface area (Å²) in [5.41, 5.74) is 9.53. The van der Waals surface area contributed by atoms with Crippen LogP contribution in [0.5, 0.6) is 23.0 Å². The molecule has 0 atom stereocenters.